The number of hydrogen-bond donors (Lipinski definition) is 4. The molecule has 0 spiro atoms. The van der Waals surface area contributed by atoms with Crippen molar-refractivity contribution in [3.05, 3.63) is 36.4 Å². The van der Waals surface area contributed by atoms with Crippen molar-refractivity contribution < 1.29 is 28.7 Å². The highest BCUT2D eigenvalue weighted by Gasteiger charge is 2.39. The van der Waals surface area contributed by atoms with E-state index in [0.29, 0.717) is 24.7 Å². The highest BCUT2D eigenvalue weighted by Crippen LogP contribution is 2.39. The molecule has 0 bridgehead atoms. The lowest BCUT2D eigenvalue weighted by Gasteiger charge is -2.29. The fourth-order valence-electron chi connectivity index (χ4n) is 6.64. The lowest BCUT2D eigenvalue weighted by Crippen LogP contribution is -2.51. The van der Waals surface area contributed by atoms with Crippen molar-refractivity contribution in [1.82, 2.24) is 50.3 Å². The maximum atomic E-state index is 13.5. The van der Waals surface area contributed by atoms with Gasteiger partial charge in [-0.1, -0.05) is 27.7 Å². The van der Waals surface area contributed by atoms with Crippen molar-refractivity contribution in [2.45, 2.75) is 77.5 Å². The molecule has 0 radical (unpaired) electrons. The highest BCUT2D eigenvalue weighted by molar-refractivity contribution is 7.24. The van der Waals surface area contributed by atoms with E-state index in [-0.39, 0.29) is 35.7 Å². The van der Waals surface area contributed by atoms with Crippen LogP contribution in [0, 0.1) is 11.8 Å². The lowest BCUT2D eigenvalue weighted by molar-refractivity contribution is -0.136. The average molecular weight is 753 g/mol. The zero-order chi connectivity index (χ0) is 37.1. The SMILES string of the molecule is COC(=O)N[C@H](C(=O)N1CCC[C@H]1c1ncc(-c2ncc(-c3cnc(-c4cnc([C@@H]5CCCN5C(=O)[C@@H](NC(=O)OC)C(C)C)[nH]4)s3)s2)[nH]1)C(C)C. The van der Waals surface area contributed by atoms with Crippen LogP contribution in [0.1, 0.15) is 77.1 Å². The number of H-pyrrole nitrogens is 2. The fraction of sp³-hybridized carbons (Fsp3) is 0.529. The number of nitrogens with zero attached hydrogens (tertiary/aromatic N) is 6. The van der Waals surface area contributed by atoms with Gasteiger partial charge in [-0.15, -0.1) is 22.7 Å². The monoisotopic (exact) mass is 752 g/mol. The summed E-state index contributed by atoms with van der Waals surface area (Å²) >= 11 is 3.01. The van der Waals surface area contributed by atoms with E-state index in [4.69, 9.17) is 9.47 Å². The van der Waals surface area contributed by atoms with Gasteiger partial charge in [-0.3, -0.25) is 9.59 Å². The average Bonchev–Trinajstić information content (AvgIpc) is 3.98. The molecule has 2 fully saturated rings. The number of rotatable bonds is 11. The fourth-order valence-corrected chi connectivity index (χ4v) is 8.46. The highest BCUT2D eigenvalue weighted by atomic mass is 32.1. The van der Waals surface area contributed by atoms with Gasteiger partial charge in [0.2, 0.25) is 11.8 Å². The second-order valence-corrected chi connectivity index (χ2v) is 15.6. The number of carbonyl (C=O) groups excluding carboxylic acids is 4. The van der Waals surface area contributed by atoms with Crippen LogP contribution >= 0.6 is 22.7 Å². The van der Waals surface area contributed by atoms with Crippen LogP contribution in [-0.2, 0) is 19.1 Å². The first-order chi connectivity index (χ1) is 25.0. The minimum atomic E-state index is -0.706. The normalized spacial score (nSPS) is 18.5. The lowest BCUT2D eigenvalue weighted by atomic mass is 10.0. The Hall–Kier alpha value is -4.84. The van der Waals surface area contributed by atoms with E-state index < -0.39 is 24.3 Å². The van der Waals surface area contributed by atoms with Gasteiger partial charge >= 0.3 is 12.2 Å². The van der Waals surface area contributed by atoms with E-state index in [2.05, 4.69) is 40.5 Å². The second-order valence-electron chi connectivity index (χ2n) is 13.5. The Balaban J connectivity index is 1.13. The summed E-state index contributed by atoms with van der Waals surface area (Å²) in [7, 11) is 2.56. The number of thiazole rings is 2. The Kier molecular flexibility index (Phi) is 11.2. The number of imidazole rings is 2. The number of ether oxygens (including phenoxy) is 2. The maximum Gasteiger partial charge on any atom is 0.407 e. The van der Waals surface area contributed by atoms with Crippen LogP contribution in [0.3, 0.4) is 0 Å². The molecule has 0 unspecified atom stereocenters. The maximum absolute atomic E-state index is 13.5. The van der Waals surface area contributed by atoms with Crippen LogP contribution in [0.15, 0.2) is 24.8 Å². The van der Waals surface area contributed by atoms with Crippen molar-refractivity contribution in [1.29, 1.82) is 0 Å². The predicted molar refractivity (Wildman–Crippen MR) is 194 cm³/mol. The third kappa shape index (κ3) is 7.67. The Bertz CT molecular complexity index is 1760. The molecule has 6 heterocycles. The van der Waals surface area contributed by atoms with Crippen LogP contribution in [0.4, 0.5) is 9.59 Å². The molecule has 16 nitrogen and oxygen atoms in total. The molecule has 2 aliphatic rings. The minimum Gasteiger partial charge on any atom is -0.453 e. The summed E-state index contributed by atoms with van der Waals surface area (Å²) in [6, 6.07) is -1.90. The van der Waals surface area contributed by atoms with Gasteiger partial charge in [-0.25, -0.2) is 29.5 Å². The summed E-state index contributed by atoms with van der Waals surface area (Å²) in [5, 5.41) is 6.86. The quantitative estimate of drug-likeness (QED) is 0.159. The van der Waals surface area contributed by atoms with E-state index in [1.165, 1.54) is 36.9 Å². The molecule has 2 aliphatic heterocycles. The third-order valence-corrected chi connectivity index (χ3v) is 11.6. The number of amides is 4. The van der Waals surface area contributed by atoms with Crippen molar-refractivity contribution in [2.75, 3.05) is 27.3 Å². The van der Waals surface area contributed by atoms with Gasteiger partial charge in [0.1, 0.15) is 33.7 Å². The molecule has 4 N–H and O–H groups in total. The number of nitrogens with one attached hydrogen (secondary N) is 4. The van der Waals surface area contributed by atoms with Gasteiger partial charge in [-0.05, 0) is 37.5 Å². The number of alkyl carbamates (subject to hydrolysis) is 2. The molecule has 4 atom stereocenters. The van der Waals surface area contributed by atoms with Crippen molar-refractivity contribution >= 4 is 46.7 Å². The Labute approximate surface area is 309 Å². The zero-order valence-corrected chi connectivity index (χ0v) is 31.6. The summed E-state index contributed by atoms with van der Waals surface area (Å²) in [5.74, 6) is 0.788. The van der Waals surface area contributed by atoms with E-state index >= 15 is 0 Å². The zero-order valence-electron chi connectivity index (χ0n) is 30.0. The molecule has 4 amide bonds. The van der Waals surface area contributed by atoms with Crippen molar-refractivity contribution in [3.8, 4) is 31.2 Å². The van der Waals surface area contributed by atoms with Crippen LogP contribution in [-0.4, -0.2) is 103 Å². The number of likely N-dealkylation sites (tertiary alicyclic amines) is 2. The first kappa shape index (κ1) is 36.9. The number of hydrogen-bond acceptors (Lipinski definition) is 12. The molecule has 278 valence electrons. The summed E-state index contributed by atoms with van der Waals surface area (Å²) in [4.78, 5) is 81.7. The first-order valence-corrected chi connectivity index (χ1v) is 18.9. The van der Waals surface area contributed by atoms with Crippen LogP contribution in [0.5, 0.6) is 0 Å². The molecule has 4 aromatic rings. The topological polar surface area (TPSA) is 200 Å². The van der Waals surface area contributed by atoms with Crippen molar-refractivity contribution in [3.63, 3.8) is 0 Å². The molecular formula is C34H44N10O6S2. The smallest absolute Gasteiger partial charge is 0.407 e. The predicted octanol–water partition coefficient (Wildman–Crippen LogP) is 5.14. The minimum absolute atomic E-state index is 0.120. The molecule has 2 saturated heterocycles. The molecule has 52 heavy (non-hydrogen) atoms. The Morgan fingerprint density at radius 3 is 1.46 bits per heavy atom. The number of aromatic amines is 2. The first-order valence-electron chi connectivity index (χ1n) is 17.3. The summed E-state index contributed by atoms with van der Waals surface area (Å²) in [6.45, 7) is 8.69. The molecule has 18 heteroatoms. The summed E-state index contributed by atoms with van der Waals surface area (Å²) < 4.78 is 9.49. The Morgan fingerprint density at radius 1 is 0.692 bits per heavy atom. The van der Waals surface area contributed by atoms with Gasteiger partial charge in [0.25, 0.3) is 0 Å². The molecule has 4 aromatic heterocycles. The summed E-state index contributed by atoms with van der Waals surface area (Å²) in [5.41, 5.74) is 1.50. The second kappa shape index (κ2) is 15.8. The molecule has 0 aliphatic carbocycles. The van der Waals surface area contributed by atoms with E-state index in [9.17, 15) is 19.2 Å². The van der Waals surface area contributed by atoms with Crippen LogP contribution in [0.25, 0.3) is 31.2 Å². The van der Waals surface area contributed by atoms with Gasteiger partial charge in [0, 0.05) is 25.5 Å². The van der Waals surface area contributed by atoms with E-state index in [1.54, 1.807) is 22.2 Å². The molecule has 0 saturated carbocycles. The molecule has 0 aromatic carbocycles. The van der Waals surface area contributed by atoms with Gasteiger partial charge in [0.05, 0.1) is 59.8 Å². The number of carbonyl (C=O) groups is 4. The van der Waals surface area contributed by atoms with Crippen LogP contribution < -0.4 is 10.6 Å². The van der Waals surface area contributed by atoms with Crippen LogP contribution in [0.2, 0.25) is 0 Å². The standard InChI is InChI=1S/C34H44N10O6S2/c1-17(2)25(41-33(47)49-5)31(45)43-11-7-9-21(43)27-35-13-19(39-27)29-37-15-23(51-29)24-16-38-30(52-24)20-14-36-28(40-20)22-10-8-12-44(22)32(46)26(18(3)4)42-34(48)50-6/h13-18,21-22,25-26H,7-12H2,1-6H3,(H,35,39)(H,36,40)(H,41,47)(H,42,48)/t21-,22-,25-,26-/m0/s1. The molecular weight excluding hydrogens is 709 g/mol. The molecule has 6 rings (SSSR count). The van der Waals surface area contributed by atoms with E-state index in [0.717, 1.165) is 56.8 Å². The number of aromatic nitrogens is 6. The third-order valence-electron chi connectivity index (χ3n) is 9.39. The van der Waals surface area contributed by atoms with Gasteiger partial charge < -0.3 is 39.9 Å². The van der Waals surface area contributed by atoms with E-state index in [1.807, 2.05) is 40.1 Å². The van der Waals surface area contributed by atoms with Gasteiger partial charge in [-0.2, -0.15) is 0 Å². The Morgan fingerprint density at radius 2 is 1.10 bits per heavy atom. The summed E-state index contributed by atoms with van der Waals surface area (Å²) in [6.07, 6.45) is 8.98. The van der Waals surface area contributed by atoms with Crippen molar-refractivity contribution in [2.24, 2.45) is 11.8 Å². The van der Waals surface area contributed by atoms with Gasteiger partial charge in [0.15, 0.2) is 0 Å². The number of methoxy groups -OCH3 is 2. The largest absolute Gasteiger partial charge is 0.453 e.